The Bertz CT molecular complexity index is 582. The molecule has 1 amide bonds. The summed E-state index contributed by atoms with van der Waals surface area (Å²) in [7, 11) is 0. The van der Waals surface area contributed by atoms with Crippen LogP contribution in [-0.4, -0.2) is 26.1 Å². The van der Waals surface area contributed by atoms with Gasteiger partial charge in [-0.25, -0.2) is 9.97 Å². The lowest BCUT2D eigenvalue weighted by atomic mass is 10.4. The SMILES string of the molecule is CC(Sc1nccc(=O)[nH]1)C(=O)Nc1nccs1. The van der Waals surface area contributed by atoms with Crippen molar-refractivity contribution in [1.82, 2.24) is 15.0 Å². The van der Waals surface area contributed by atoms with Gasteiger partial charge in [0, 0.05) is 23.8 Å². The van der Waals surface area contributed by atoms with Crippen LogP contribution in [0, 0.1) is 0 Å². The van der Waals surface area contributed by atoms with E-state index in [2.05, 4.69) is 20.3 Å². The van der Waals surface area contributed by atoms with Gasteiger partial charge >= 0.3 is 0 Å². The molecule has 8 heteroatoms. The van der Waals surface area contributed by atoms with Gasteiger partial charge in [0.2, 0.25) is 5.91 Å². The number of hydrogen-bond acceptors (Lipinski definition) is 6. The number of H-pyrrole nitrogens is 1. The lowest BCUT2D eigenvalue weighted by Gasteiger charge is -2.08. The molecule has 0 aliphatic carbocycles. The molecule has 0 saturated carbocycles. The molecule has 2 heterocycles. The maximum Gasteiger partial charge on any atom is 0.251 e. The van der Waals surface area contributed by atoms with Gasteiger partial charge in [0.25, 0.3) is 5.56 Å². The Balaban J connectivity index is 1.97. The summed E-state index contributed by atoms with van der Waals surface area (Å²) in [5.41, 5.74) is -0.236. The van der Waals surface area contributed by atoms with Crippen molar-refractivity contribution < 1.29 is 4.79 Å². The third-order valence-corrected chi connectivity index (χ3v) is 3.65. The van der Waals surface area contributed by atoms with Crippen LogP contribution >= 0.6 is 23.1 Å². The highest BCUT2D eigenvalue weighted by Crippen LogP contribution is 2.20. The van der Waals surface area contributed by atoms with Crippen molar-refractivity contribution in [1.29, 1.82) is 0 Å². The fraction of sp³-hybridized carbons (Fsp3) is 0.200. The Morgan fingerprint density at radius 2 is 2.33 bits per heavy atom. The molecule has 0 aliphatic heterocycles. The molecule has 94 valence electrons. The topological polar surface area (TPSA) is 87.7 Å². The van der Waals surface area contributed by atoms with Gasteiger partial charge in [-0.15, -0.1) is 11.3 Å². The number of nitrogens with one attached hydrogen (secondary N) is 2. The van der Waals surface area contributed by atoms with E-state index in [1.807, 2.05) is 0 Å². The number of amides is 1. The van der Waals surface area contributed by atoms with Crippen molar-refractivity contribution in [2.75, 3.05) is 5.32 Å². The van der Waals surface area contributed by atoms with E-state index in [1.165, 1.54) is 35.4 Å². The summed E-state index contributed by atoms with van der Waals surface area (Å²) < 4.78 is 0. The molecule has 0 spiro atoms. The van der Waals surface area contributed by atoms with Gasteiger partial charge < -0.3 is 10.3 Å². The number of aromatic nitrogens is 3. The summed E-state index contributed by atoms with van der Waals surface area (Å²) in [6, 6.07) is 1.32. The molecular weight excluding hydrogens is 272 g/mol. The average molecular weight is 282 g/mol. The first-order chi connectivity index (χ1) is 8.65. The van der Waals surface area contributed by atoms with E-state index in [1.54, 1.807) is 18.5 Å². The van der Waals surface area contributed by atoms with Crippen LogP contribution in [0.25, 0.3) is 0 Å². The van der Waals surface area contributed by atoms with Crippen LogP contribution in [0.5, 0.6) is 0 Å². The number of carbonyl (C=O) groups excluding carboxylic acids is 1. The van der Waals surface area contributed by atoms with Gasteiger partial charge in [-0.1, -0.05) is 11.8 Å². The van der Waals surface area contributed by atoms with Gasteiger partial charge in [0.1, 0.15) is 0 Å². The van der Waals surface area contributed by atoms with Crippen molar-refractivity contribution in [3.05, 3.63) is 34.2 Å². The number of nitrogens with zero attached hydrogens (tertiary/aromatic N) is 2. The second-order valence-corrected chi connectivity index (χ2v) is 5.55. The highest BCUT2D eigenvalue weighted by atomic mass is 32.2. The second kappa shape index (κ2) is 5.78. The number of thioether (sulfide) groups is 1. The molecule has 0 saturated heterocycles. The molecule has 18 heavy (non-hydrogen) atoms. The van der Waals surface area contributed by atoms with E-state index in [-0.39, 0.29) is 16.7 Å². The monoisotopic (exact) mass is 282 g/mol. The Morgan fingerprint density at radius 3 is 3.00 bits per heavy atom. The van der Waals surface area contributed by atoms with Gasteiger partial charge in [0.05, 0.1) is 5.25 Å². The zero-order chi connectivity index (χ0) is 13.0. The normalized spacial score (nSPS) is 12.1. The number of aromatic amines is 1. The van der Waals surface area contributed by atoms with Gasteiger partial charge in [-0.3, -0.25) is 9.59 Å². The van der Waals surface area contributed by atoms with Crippen molar-refractivity contribution in [2.45, 2.75) is 17.3 Å². The maximum absolute atomic E-state index is 11.8. The second-order valence-electron chi connectivity index (χ2n) is 3.33. The fourth-order valence-corrected chi connectivity index (χ4v) is 2.44. The molecule has 1 unspecified atom stereocenters. The van der Waals surface area contributed by atoms with E-state index in [0.717, 1.165) is 0 Å². The van der Waals surface area contributed by atoms with Gasteiger partial charge in [0.15, 0.2) is 10.3 Å². The van der Waals surface area contributed by atoms with Crippen LogP contribution in [0.15, 0.2) is 33.8 Å². The number of hydrogen-bond donors (Lipinski definition) is 2. The minimum atomic E-state index is -0.376. The summed E-state index contributed by atoms with van der Waals surface area (Å²) in [6.45, 7) is 1.74. The molecule has 2 rings (SSSR count). The Kier molecular flexibility index (Phi) is 4.11. The zero-order valence-electron chi connectivity index (χ0n) is 9.41. The molecular formula is C10H10N4O2S2. The van der Waals surface area contributed by atoms with E-state index in [0.29, 0.717) is 10.3 Å². The molecule has 0 radical (unpaired) electrons. The molecule has 0 fully saturated rings. The first-order valence-electron chi connectivity index (χ1n) is 5.07. The van der Waals surface area contributed by atoms with Crippen LogP contribution < -0.4 is 10.9 Å². The molecule has 6 nitrogen and oxygen atoms in total. The van der Waals surface area contributed by atoms with Crippen molar-refractivity contribution in [2.24, 2.45) is 0 Å². The minimum Gasteiger partial charge on any atom is -0.301 e. The van der Waals surface area contributed by atoms with E-state index >= 15 is 0 Å². The maximum atomic E-state index is 11.8. The smallest absolute Gasteiger partial charge is 0.251 e. The predicted octanol–water partition coefficient (Wildman–Crippen LogP) is 1.35. The van der Waals surface area contributed by atoms with Crippen molar-refractivity contribution in [3.63, 3.8) is 0 Å². The molecule has 0 aliphatic rings. The summed E-state index contributed by atoms with van der Waals surface area (Å²) in [4.78, 5) is 33.4. The van der Waals surface area contributed by atoms with Crippen LogP contribution in [-0.2, 0) is 4.79 Å². The van der Waals surface area contributed by atoms with Crippen LogP contribution in [0.1, 0.15) is 6.92 Å². The first kappa shape index (κ1) is 12.8. The molecule has 2 aromatic rings. The minimum absolute atomic E-state index is 0.179. The molecule has 2 N–H and O–H groups in total. The molecule has 1 atom stereocenters. The largest absolute Gasteiger partial charge is 0.301 e. The highest BCUT2D eigenvalue weighted by Gasteiger charge is 2.16. The van der Waals surface area contributed by atoms with Gasteiger partial charge in [-0.2, -0.15) is 0 Å². The van der Waals surface area contributed by atoms with Crippen LogP contribution in [0.3, 0.4) is 0 Å². The van der Waals surface area contributed by atoms with Crippen LogP contribution in [0.2, 0.25) is 0 Å². The van der Waals surface area contributed by atoms with E-state index in [4.69, 9.17) is 0 Å². The predicted molar refractivity (Wildman–Crippen MR) is 70.9 cm³/mol. The third kappa shape index (κ3) is 3.41. The Hall–Kier alpha value is -1.67. The van der Waals surface area contributed by atoms with Crippen molar-refractivity contribution >= 4 is 34.1 Å². The highest BCUT2D eigenvalue weighted by molar-refractivity contribution is 8.00. The van der Waals surface area contributed by atoms with Crippen molar-refractivity contribution in [3.8, 4) is 0 Å². The molecule has 2 aromatic heterocycles. The van der Waals surface area contributed by atoms with Crippen LogP contribution in [0.4, 0.5) is 5.13 Å². The first-order valence-corrected chi connectivity index (χ1v) is 6.83. The Morgan fingerprint density at radius 1 is 1.50 bits per heavy atom. The molecule has 0 bridgehead atoms. The summed E-state index contributed by atoms with van der Waals surface area (Å²) in [6.07, 6.45) is 3.03. The Labute approximate surface area is 111 Å². The number of thiazole rings is 1. The number of anilines is 1. The summed E-state index contributed by atoms with van der Waals surface area (Å²) in [5.74, 6) is -0.179. The number of rotatable bonds is 4. The van der Waals surface area contributed by atoms with Gasteiger partial charge in [-0.05, 0) is 6.92 Å². The fourth-order valence-electron chi connectivity index (χ4n) is 1.13. The molecule has 0 aromatic carbocycles. The lowest BCUT2D eigenvalue weighted by Crippen LogP contribution is -2.23. The quantitative estimate of drug-likeness (QED) is 0.653. The third-order valence-electron chi connectivity index (χ3n) is 1.97. The number of carbonyl (C=O) groups is 1. The average Bonchev–Trinajstić information content (AvgIpc) is 2.81. The lowest BCUT2D eigenvalue weighted by molar-refractivity contribution is -0.115. The van der Waals surface area contributed by atoms with E-state index < -0.39 is 0 Å². The summed E-state index contributed by atoms with van der Waals surface area (Å²) in [5, 5.41) is 5.07. The zero-order valence-corrected chi connectivity index (χ0v) is 11.0. The standard InChI is InChI=1S/C10H10N4O2S2/c1-6(8(16)14-9-12-4-5-17-9)18-10-11-3-2-7(15)13-10/h2-6H,1H3,(H,11,13,15)(H,12,14,16). The summed E-state index contributed by atoms with van der Waals surface area (Å²) >= 11 is 2.54. The van der Waals surface area contributed by atoms with E-state index in [9.17, 15) is 9.59 Å².